The predicted molar refractivity (Wildman–Crippen MR) is 77.0 cm³/mol. The molecule has 0 saturated carbocycles. The number of rotatable bonds is 5. The minimum Gasteiger partial charge on any atom is -0.497 e. The highest BCUT2D eigenvalue weighted by Gasteiger charge is 2.10. The molecular formula is C15H16N4O2. The highest BCUT2D eigenvalue weighted by Crippen LogP contribution is 2.20. The number of hydrogen-bond donors (Lipinski definition) is 0. The molecule has 0 bridgehead atoms. The van der Waals surface area contributed by atoms with Crippen LogP contribution in [0, 0.1) is 0 Å². The quantitative estimate of drug-likeness (QED) is 0.720. The average molecular weight is 284 g/mol. The van der Waals surface area contributed by atoms with Crippen molar-refractivity contribution in [3.63, 3.8) is 0 Å². The van der Waals surface area contributed by atoms with E-state index in [9.17, 15) is 0 Å². The molecule has 0 fully saturated rings. The van der Waals surface area contributed by atoms with E-state index in [4.69, 9.17) is 9.26 Å². The second-order valence-corrected chi connectivity index (χ2v) is 4.57. The van der Waals surface area contributed by atoms with Crippen molar-refractivity contribution >= 4 is 0 Å². The first-order valence-electron chi connectivity index (χ1n) is 6.77. The fraction of sp³-hybridized carbons (Fsp3) is 0.267. The molecule has 6 heteroatoms. The van der Waals surface area contributed by atoms with Crippen LogP contribution < -0.4 is 4.74 Å². The molecule has 0 aliphatic carbocycles. The van der Waals surface area contributed by atoms with Gasteiger partial charge >= 0.3 is 0 Å². The van der Waals surface area contributed by atoms with E-state index in [1.807, 2.05) is 35.0 Å². The van der Waals surface area contributed by atoms with Crippen molar-refractivity contribution in [3.05, 3.63) is 48.4 Å². The van der Waals surface area contributed by atoms with Crippen molar-refractivity contribution < 1.29 is 9.26 Å². The Balaban J connectivity index is 1.79. The maximum atomic E-state index is 5.31. The average Bonchev–Trinajstić information content (AvgIpc) is 3.17. The lowest BCUT2D eigenvalue weighted by atomic mass is 10.2. The van der Waals surface area contributed by atoms with Gasteiger partial charge in [0.1, 0.15) is 18.1 Å². The van der Waals surface area contributed by atoms with E-state index >= 15 is 0 Å². The number of imidazole rings is 1. The van der Waals surface area contributed by atoms with Crippen LogP contribution in [0.3, 0.4) is 0 Å². The lowest BCUT2D eigenvalue weighted by Crippen LogP contribution is -2.03. The van der Waals surface area contributed by atoms with Crippen LogP contribution in [-0.2, 0) is 13.0 Å². The predicted octanol–water partition coefficient (Wildman–Crippen LogP) is 2.55. The first-order valence-corrected chi connectivity index (χ1v) is 6.77. The zero-order valence-corrected chi connectivity index (χ0v) is 12.0. The van der Waals surface area contributed by atoms with E-state index in [0.29, 0.717) is 18.3 Å². The summed E-state index contributed by atoms with van der Waals surface area (Å²) in [7, 11) is 1.64. The van der Waals surface area contributed by atoms with Crippen LogP contribution in [0.25, 0.3) is 11.4 Å². The molecule has 6 nitrogen and oxygen atoms in total. The third-order valence-corrected chi connectivity index (χ3v) is 3.24. The Hall–Kier alpha value is -2.63. The molecule has 3 rings (SSSR count). The van der Waals surface area contributed by atoms with Gasteiger partial charge in [-0.05, 0) is 24.3 Å². The summed E-state index contributed by atoms with van der Waals surface area (Å²) in [6.07, 6.45) is 4.56. The van der Waals surface area contributed by atoms with E-state index in [2.05, 4.69) is 22.0 Å². The molecule has 0 radical (unpaired) electrons. The molecule has 0 atom stereocenters. The Labute approximate surface area is 122 Å². The second-order valence-electron chi connectivity index (χ2n) is 4.57. The Bertz CT molecular complexity index is 715. The molecule has 0 amide bonds. The Morgan fingerprint density at radius 3 is 2.76 bits per heavy atom. The summed E-state index contributed by atoms with van der Waals surface area (Å²) in [5.74, 6) is 2.94. The second kappa shape index (κ2) is 5.78. The van der Waals surface area contributed by atoms with Gasteiger partial charge in [-0.1, -0.05) is 12.1 Å². The van der Waals surface area contributed by atoms with E-state index in [0.717, 1.165) is 23.6 Å². The maximum Gasteiger partial charge on any atom is 0.246 e. The first kappa shape index (κ1) is 13.4. The number of aromatic nitrogens is 4. The van der Waals surface area contributed by atoms with Crippen LogP contribution in [0.1, 0.15) is 18.6 Å². The van der Waals surface area contributed by atoms with E-state index in [-0.39, 0.29) is 0 Å². The van der Waals surface area contributed by atoms with Gasteiger partial charge < -0.3 is 13.8 Å². The minimum atomic E-state index is 0.534. The minimum absolute atomic E-state index is 0.534. The largest absolute Gasteiger partial charge is 0.497 e. The van der Waals surface area contributed by atoms with Crippen molar-refractivity contribution in [2.24, 2.45) is 0 Å². The molecule has 0 saturated heterocycles. The van der Waals surface area contributed by atoms with E-state index in [1.165, 1.54) is 0 Å². The Kier molecular flexibility index (Phi) is 3.68. The number of benzene rings is 1. The van der Waals surface area contributed by atoms with Crippen LogP contribution in [0.5, 0.6) is 5.75 Å². The van der Waals surface area contributed by atoms with Gasteiger partial charge in [0.15, 0.2) is 0 Å². The van der Waals surface area contributed by atoms with Gasteiger partial charge in [0.25, 0.3) is 0 Å². The van der Waals surface area contributed by atoms with Crippen LogP contribution in [0.15, 0.2) is 41.2 Å². The van der Waals surface area contributed by atoms with Crippen LogP contribution >= 0.6 is 0 Å². The molecule has 0 unspecified atom stereocenters. The fourth-order valence-corrected chi connectivity index (χ4v) is 2.12. The highest BCUT2D eigenvalue weighted by molar-refractivity contribution is 5.55. The van der Waals surface area contributed by atoms with Gasteiger partial charge in [-0.15, -0.1) is 0 Å². The van der Waals surface area contributed by atoms with Crippen LogP contribution in [0.2, 0.25) is 0 Å². The smallest absolute Gasteiger partial charge is 0.246 e. The zero-order valence-electron chi connectivity index (χ0n) is 12.0. The van der Waals surface area contributed by atoms with Crippen molar-refractivity contribution in [1.29, 1.82) is 0 Å². The molecule has 1 aromatic carbocycles. The summed E-state index contributed by atoms with van der Waals surface area (Å²) >= 11 is 0. The molecule has 0 spiro atoms. The third kappa shape index (κ3) is 2.79. The number of methoxy groups -OCH3 is 1. The summed E-state index contributed by atoms with van der Waals surface area (Å²) in [6, 6.07) is 7.55. The van der Waals surface area contributed by atoms with E-state index < -0.39 is 0 Å². The van der Waals surface area contributed by atoms with Crippen molar-refractivity contribution in [2.75, 3.05) is 7.11 Å². The lowest BCUT2D eigenvalue weighted by molar-refractivity contribution is 0.370. The number of nitrogens with zero attached hydrogens (tertiary/aromatic N) is 4. The zero-order chi connectivity index (χ0) is 14.7. The van der Waals surface area contributed by atoms with E-state index in [1.54, 1.807) is 13.3 Å². The highest BCUT2D eigenvalue weighted by atomic mass is 16.5. The topological polar surface area (TPSA) is 66.0 Å². The number of ether oxygens (including phenoxy) is 1. The molecule has 0 N–H and O–H groups in total. The van der Waals surface area contributed by atoms with Gasteiger partial charge in [-0.2, -0.15) is 4.98 Å². The van der Waals surface area contributed by atoms with Gasteiger partial charge in [0.2, 0.25) is 11.7 Å². The monoisotopic (exact) mass is 284 g/mol. The number of aryl methyl sites for hydroxylation is 1. The molecule has 2 aromatic heterocycles. The summed E-state index contributed by atoms with van der Waals surface area (Å²) in [5.41, 5.74) is 0.896. The Morgan fingerprint density at radius 2 is 2.05 bits per heavy atom. The lowest BCUT2D eigenvalue weighted by Gasteiger charge is -2.01. The molecule has 0 aliphatic rings. The normalized spacial score (nSPS) is 10.8. The first-order chi connectivity index (χ1) is 10.3. The van der Waals surface area contributed by atoms with Gasteiger partial charge in [-0.3, -0.25) is 0 Å². The summed E-state index contributed by atoms with van der Waals surface area (Å²) in [6.45, 7) is 2.60. The van der Waals surface area contributed by atoms with Crippen LogP contribution in [-0.4, -0.2) is 26.8 Å². The molecule has 2 heterocycles. The molecular weight excluding hydrogens is 268 g/mol. The molecule has 3 aromatic rings. The van der Waals surface area contributed by atoms with Gasteiger partial charge in [-0.25, -0.2) is 4.98 Å². The number of hydrogen-bond acceptors (Lipinski definition) is 5. The van der Waals surface area contributed by atoms with Crippen molar-refractivity contribution in [2.45, 2.75) is 19.9 Å². The van der Waals surface area contributed by atoms with Crippen molar-refractivity contribution in [1.82, 2.24) is 19.7 Å². The maximum absolute atomic E-state index is 5.31. The van der Waals surface area contributed by atoms with Crippen LogP contribution in [0.4, 0.5) is 0 Å². The molecule has 0 aliphatic heterocycles. The molecule has 108 valence electrons. The molecule has 21 heavy (non-hydrogen) atoms. The third-order valence-electron chi connectivity index (χ3n) is 3.24. The Morgan fingerprint density at radius 1 is 1.24 bits per heavy atom. The SMILES string of the molecule is CCc1nccn1Cc1nc(-c2ccc(OC)cc2)no1. The van der Waals surface area contributed by atoms with Crippen molar-refractivity contribution in [3.8, 4) is 17.1 Å². The summed E-state index contributed by atoms with van der Waals surface area (Å²) in [4.78, 5) is 8.69. The fourth-order valence-electron chi connectivity index (χ4n) is 2.12. The summed E-state index contributed by atoms with van der Waals surface area (Å²) < 4.78 is 12.4. The van der Waals surface area contributed by atoms with Gasteiger partial charge in [0, 0.05) is 24.4 Å². The van der Waals surface area contributed by atoms with Gasteiger partial charge in [0.05, 0.1) is 7.11 Å². The standard InChI is InChI=1S/C15H16N4O2/c1-3-13-16-8-9-19(13)10-14-17-15(18-21-14)11-4-6-12(20-2)7-5-11/h4-9H,3,10H2,1-2H3. The summed E-state index contributed by atoms with van der Waals surface area (Å²) in [5, 5.41) is 4.02.